The van der Waals surface area contributed by atoms with Gasteiger partial charge in [0.25, 0.3) is 5.91 Å². The van der Waals surface area contributed by atoms with Gasteiger partial charge in [-0.1, -0.05) is 19.3 Å². The molecule has 25 heavy (non-hydrogen) atoms. The second-order valence-corrected chi connectivity index (χ2v) is 6.31. The zero-order valence-corrected chi connectivity index (χ0v) is 15.7. The number of hydrogen-bond donors (Lipinski definition) is 1. The van der Waals surface area contributed by atoms with Gasteiger partial charge in [0.15, 0.2) is 11.5 Å². The van der Waals surface area contributed by atoms with E-state index in [-0.39, 0.29) is 5.91 Å². The number of benzene rings is 1. The van der Waals surface area contributed by atoms with Crippen LogP contribution in [0.1, 0.15) is 63.2 Å². The third-order valence-corrected chi connectivity index (χ3v) is 4.45. The van der Waals surface area contributed by atoms with Gasteiger partial charge in [-0.15, -0.1) is 0 Å². The maximum atomic E-state index is 12.6. The third-order valence-electron chi connectivity index (χ3n) is 4.45. The van der Waals surface area contributed by atoms with Gasteiger partial charge < -0.3 is 19.5 Å². The maximum absolute atomic E-state index is 12.6. The van der Waals surface area contributed by atoms with Gasteiger partial charge in [-0.3, -0.25) is 4.79 Å². The molecule has 0 unspecified atom stereocenters. The number of amides is 1. The van der Waals surface area contributed by atoms with Crippen LogP contribution in [0.5, 0.6) is 17.2 Å². The second kappa shape index (κ2) is 10.2. The lowest BCUT2D eigenvalue weighted by atomic mass is 9.89. The van der Waals surface area contributed by atoms with Crippen LogP contribution in [0.25, 0.3) is 0 Å². The molecule has 0 radical (unpaired) electrons. The lowest BCUT2D eigenvalue weighted by Crippen LogP contribution is -2.30. The number of carbonyl (C=O) groups excluding carboxylic acids is 1. The van der Waals surface area contributed by atoms with Gasteiger partial charge in [-0.2, -0.15) is 0 Å². The Bertz CT molecular complexity index is 526. The highest BCUT2D eigenvalue weighted by Gasteiger charge is 2.19. The van der Waals surface area contributed by atoms with Crippen LogP contribution in [0.2, 0.25) is 0 Å². The molecular weight excluding hydrogens is 318 g/mol. The highest BCUT2D eigenvalue weighted by Crippen LogP contribution is 2.39. The predicted octanol–water partition coefficient (Wildman–Crippen LogP) is 4.19. The van der Waals surface area contributed by atoms with Gasteiger partial charge in [-0.05, 0) is 51.7 Å². The number of ether oxygens (including phenoxy) is 3. The molecule has 0 saturated heterocycles. The summed E-state index contributed by atoms with van der Waals surface area (Å²) in [7, 11) is 0. The summed E-state index contributed by atoms with van der Waals surface area (Å²) >= 11 is 0. The highest BCUT2D eigenvalue weighted by atomic mass is 16.5. The monoisotopic (exact) mass is 349 g/mol. The minimum absolute atomic E-state index is 0.0875. The number of nitrogens with one attached hydrogen (secondary N) is 1. The summed E-state index contributed by atoms with van der Waals surface area (Å²) in [6.07, 6.45) is 6.27. The van der Waals surface area contributed by atoms with E-state index < -0.39 is 0 Å². The van der Waals surface area contributed by atoms with Gasteiger partial charge in [0.05, 0.1) is 19.8 Å². The fraction of sp³-hybridized carbons (Fsp3) is 0.650. The maximum Gasteiger partial charge on any atom is 0.251 e. The molecule has 1 amide bonds. The fourth-order valence-electron chi connectivity index (χ4n) is 3.25. The largest absolute Gasteiger partial charge is 0.490 e. The molecule has 0 heterocycles. The number of rotatable bonds is 9. The van der Waals surface area contributed by atoms with Crippen molar-refractivity contribution in [2.45, 2.75) is 52.9 Å². The van der Waals surface area contributed by atoms with E-state index in [9.17, 15) is 4.79 Å². The fourth-order valence-corrected chi connectivity index (χ4v) is 3.25. The second-order valence-electron chi connectivity index (χ2n) is 6.31. The first-order chi connectivity index (χ1) is 12.2. The molecule has 0 spiro atoms. The summed E-state index contributed by atoms with van der Waals surface area (Å²) in [5.74, 6) is 2.18. The van der Waals surface area contributed by atoms with Gasteiger partial charge >= 0.3 is 0 Å². The van der Waals surface area contributed by atoms with E-state index in [1.165, 1.54) is 32.1 Å². The third kappa shape index (κ3) is 5.55. The predicted molar refractivity (Wildman–Crippen MR) is 98.9 cm³/mol. The molecular formula is C20H31NO4. The minimum atomic E-state index is -0.0875. The molecule has 1 saturated carbocycles. The Morgan fingerprint density at radius 1 is 0.960 bits per heavy atom. The molecule has 1 aromatic rings. The van der Waals surface area contributed by atoms with Crippen LogP contribution < -0.4 is 19.5 Å². The first-order valence-electron chi connectivity index (χ1n) is 9.54. The molecule has 5 heteroatoms. The van der Waals surface area contributed by atoms with Crippen molar-refractivity contribution in [3.05, 3.63) is 17.7 Å². The molecule has 1 aromatic carbocycles. The van der Waals surface area contributed by atoms with E-state index in [2.05, 4.69) is 5.32 Å². The van der Waals surface area contributed by atoms with E-state index in [0.717, 1.165) is 6.54 Å². The van der Waals surface area contributed by atoms with Crippen LogP contribution in [-0.4, -0.2) is 32.3 Å². The van der Waals surface area contributed by atoms with Crippen molar-refractivity contribution >= 4 is 5.91 Å². The van der Waals surface area contributed by atoms with Crippen LogP contribution in [-0.2, 0) is 0 Å². The Morgan fingerprint density at radius 2 is 1.52 bits per heavy atom. The summed E-state index contributed by atoms with van der Waals surface area (Å²) in [5.41, 5.74) is 0.547. The van der Waals surface area contributed by atoms with Crippen LogP contribution in [0.3, 0.4) is 0 Å². The van der Waals surface area contributed by atoms with E-state index in [1.807, 2.05) is 20.8 Å². The molecule has 0 bridgehead atoms. The SMILES string of the molecule is CCOc1cc(C(=O)NCC2CCCCC2)cc(OCC)c1OCC. The van der Waals surface area contributed by atoms with E-state index in [1.54, 1.807) is 12.1 Å². The number of hydrogen-bond acceptors (Lipinski definition) is 4. The summed E-state index contributed by atoms with van der Waals surface area (Å²) in [6, 6.07) is 3.49. The van der Waals surface area contributed by atoms with Gasteiger partial charge in [0.2, 0.25) is 5.75 Å². The van der Waals surface area contributed by atoms with Crippen LogP contribution >= 0.6 is 0 Å². The van der Waals surface area contributed by atoms with Crippen molar-refractivity contribution < 1.29 is 19.0 Å². The van der Waals surface area contributed by atoms with Crippen LogP contribution in [0, 0.1) is 5.92 Å². The summed E-state index contributed by atoms with van der Waals surface area (Å²) in [5, 5.41) is 3.07. The van der Waals surface area contributed by atoms with Crippen LogP contribution in [0.15, 0.2) is 12.1 Å². The molecule has 0 aromatic heterocycles. The van der Waals surface area contributed by atoms with E-state index in [4.69, 9.17) is 14.2 Å². The minimum Gasteiger partial charge on any atom is -0.490 e. The first kappa shape index (κ1) is 19.4. The Kier molecular flexibility index (Phi) is 7.89. The van der Waals surface area contributed by atoms with Gasteiger partial charge in [0, 0.05) is 12.1 Å². The Balaban J connectivity index is 2.15. The molecule has 5 nitrogen and oxygen atoms in total. The summed E-state index contributed by atoms with van der Waals surface area (Å²) in [4.78, 5) is 12.6. The Morgan fingerprint density at radius 3 is 2.04 bits per heavy atom. The molecule has 0 aliphatic heterocycles. The smallest absolute Gasteiger partial charge is 0.251 e. The lowest BCUT2D eigenvalue weighted by molar-refractivity contribution is 0.0942. The number of carbonyl (C=O) groups is 1. The standard InChI is InChI=1S/C20H31NO4/c1-4-23-17-12-16(13-18(24-5-2)19(17)25-6-3)20(22)21-14-15-10-8-7-9-11-15/h12-13,15H,4-11,14H2,1-3H3,(H,21,22). The zero-order valence-electron chi connectivity index (χ0n) is 15.7. The van der Waals surface area contributed by atoms with E-state index >= 15 is 0 Å². The topological polar surface area (TPSA) is 56.8 Å². The summed E-state index contributed by atoms with van der Waals surface area (Å²) < 4.78 is 17.0. The molecule has 1 aliphatic carbocycles. The van der Waals surface area contributed by atoms with Crippen LogP contribution in [0.4, 0.5) is 0 Å². The molecule has 1 aliphatic rings. The summed E-state index contributed by atoms with van der Waals surface area (Å²) in [6.45, 7) is 7.97. The van der Waals surface area contributed by atoms with Crippen molar-refractivity contribution in [2.75, 3.05) is 26.4 Å². The van der Waals surface area contributed by atoms with E-state index in [0.29, 0.717) is 48.6 Å². The van der Waals surface area contributed by atoms with Gasteiger partial charge in [0.1, 0.15) is 0 Å². The Labute approximate surface area is 151 Å². The lowest BCUT2D eigenvalue weighted by Gasteiger charge is -2.22. The molecule has 2 rings (SSSR count). The normalized spacial score (nSPS) is 14.8. The van der Waals surface area contributed by atoms with Gasteiger partial charge in [-0.25, -0.2) is 0 Å². The average Bonchev–Trinajstić information content (AvgIpc) is 2.63. The van der Waals surface area contributed by atoms with Crippen molar-refractivity contribution in [1.29, 1.82) is 0 Å². The van der Waals surface area contributed by atoms with Crippen molar-refractivity contribution in [3.8, 4) is 17.2 Å². The quantitative estimate of drug-likeness (QED) is 0.726. The molecule has 140 valence electrons. The molecule has 0 atom stereocenters. The van der Waals surface area contributed by atoms with Crippen molar-refractivity contribution in [1.82, 2.24) is 5.32 Å². The zero-order chi connectivity index (χ0) is 18.1. The average molecular weight is 349 g/mol. The van der Waals surface area contributed by atoms with Crippen molar-refractivity contribution in [3.63, 3.8) is 0 Å². The Hall–Kier alpha value is -1.91. The van der Waals surface area contributed by atoms with Crippen molar-refractivity contribution in [2.24, 2.45) is 5.92 Å². The highest BCUT2D eigenvalue weighted by molar-refractivity contribution is 5.95. The molecule has 1 fully saturated rings. The molecule has 1 N–H and O–H groups in total. The first-order valence-corrected chi connectivity index (χ1v) is 9.54.